The molecule has 7 nitrogen and oxygen atoms in total. The molecular weight excluding hydrogens is 384 g/mol. The van der Waals surface area contributed by atoms with Gasteiger partial charge in [-0.15, -0.1) is 11.3 Å². The number of nitrogens with one attached hydrogen (secondary N) is 2. The van der Waals surface area contributed by atoms with Crippen molar-refractivity contribution in [3.8, 4) is 0 Å². The number of benzene rings is 1. The third kappa shape index (κ3) is 4.04. The average Bonchev–Trinajstić information content (AvgIpc) is 2.97. The van der Waals surface area contributed by atoms with Crippen LogP contribution in [0, 0.1) is 6.92 Å². The summed E-state index contributed by atoms with van der Waals surface area (Å²) in [6.45, 7) is 3.56. The maximum Gasteiger partial charge on any atom is 0.266 e. The number of hydrogen-bond acceptors (Lipinski definition) is 6. The summed E-state index contributed by atoms with van der Waals surface area (Å²) < 4.78 is 0. The number of H-pyrrole nitrogens is 1. The van der Waals surface area contributed by atoms with Crippen LogP contribution < -0.4 is 16.6 Å². The fourth-order valence-corrected chi connectivity index (χ4v) is 4.57. The molecule has 4 N–H and O–H groups in total. The van der Waals surface area contributed by atoms with Crippen molar-refractivity contribution in [2.24, 2.45) is 5.73 Å². The lowest BCUT2D eigenvalue weighted by Crippen LogP contribution is -2.25. The SMILES string of the molecule is CCC(Sc1nc2sc(C(=O)Nc3ccccc3)c(C)c2c(=O)[nH]1)C(N)=O. The molecule has 2 heterocycles. The number of carbonyl (C=O) groups is 2. The molecule has 0 aliphatic carbocycles. The van der Waals surface area contributed by atoms with E-state index in [9.17, 15) is 14.4 Å². The van der Waals surface area contributed by atoms with Crippen LogP contribution in [0.1, 0.15) is 28.6 Å². The molecule has 2 aromatic heterocycles. The topological polar surface area (TPSA) is 118 Å². The Bertz CT molecular complexity index is 1060. The fourth-order valence-electron chi connectivity index (χ4n) is 2.58. The Hall–Kier alpha value is -2.65. The highest BCUT2D eigenvalue weighted by Crippen LogP contribution is 2.30. The van der Waals surface area contributed by atoms with Crippen molar-refractivity contribution >= 4 is 50.8 Å². The molecular formula is C18H18N4O3S2. The lowest BCUT2D eigenvalue weighted by Gasteiger charge is -2.08. The third-order valence-corrected chi connectivity index (χ3v) is 6.41. The number of rotatable bonds is 6. The number of aryl methyl sites for hydroxylation is 1. The number of nitrogens with two attached hydrogens (primary N) is 1. The first-order valence-electron chi connectivity index (χ1n) is 8.26. The summed E-state index contributed by atoms with van der Waals surface area (Å²) in [7, 11) is 0. The zero-order valence-electron chi connectivity index (χ0n) is 14.7. The standard InChI is InChI=1S/C18H18N4O3S2/c1-3-11(14(19)23)26-18-21-15(24)12-9(2)13(27-17(12)22-18)16(25)20-10-7-5-4-6-8-10/h4-8,11H,3H2,1-2H3,(H2,19,23)(H,20,25)(H,21,22,24). The molecule has 0 fully saturated rings. The van der Waals surface area contributed by atoms with Gasteiger partial charge in [-0.3, -0.25) is 14.4 Å². The fraction of sp³-hybridized carbons (Fsp3) is 0.222. The monoisotopic (exact) mass is 402 g/mol. The molecule has 0 bridgehead atoms. The van der Waals surface area contributed by atoms with Gasteiger partial charge < -0.3 is 16.0 Å². The molecule has 0 spiro atoms. The first-order valence-corrected chi connectivity index (χ1v) is 9.96. The second-order valence-corrected chi connectivity index (χ2v) is 8.04. The van der Waals surface area contributed by atoms with Gasteiger partial charge in [0.05, 0.1) is 15.5 Å². The molecule has 1 aromatic carbocycles. The predicted octanol–water partition coefficient (Wildman–Crippen LogP) is 2.90. The van der Waals surface area contributed by atoms with Crippen molar-refractivity contribution in [1.29, 1.82) is 0 Å². The van der Waals surface area contributed by atoms with Crippen LogP contribution in [0.3, 0.4) is 0 Å². The Morgan fingerprint density at radius 1 is 1.33 bits per heavy atom. The molecule has 0 saturated carbocycles. The average molecular weight is 403 g/mol. The molecule has 0 saturated heterocycles. The highest BCUT2D eigenvalue weighted by atomic mass is 32.2. The zero-order chi connectivity index (χ0) is 19.6. The van der Waals surface area contributed by atoms with Crippen LogP contribution >= 0.6 is 23.1 Å². The second kappa shape index (κ2) is 7.93. The molecule has 9 heteroatoms. The van der Waals surface area contributed by atoms with E-state index in [1.165, 1.54) is 0 Å². The van der Waals surface area contributed by atoms with E-state index < -0.39 is 11.2 Å². The number of thiophene rings is 1. The van der Waals surface area contributed by atoms with Gasteiger partial charge in [-0.2, -0.15) is 0 Å². The normalized spacial score (nSPS) is 12.1. The van der Waals surface area contributed by atoms with Crippen LogP contribution in [0.4, 0.5) is 5.69 Å². The maximum absolute atomic E-state index is 12.6. The van der Waals surface area contributed by atoms with Gasteiger partial charge in [-0.25, -0.2) is 4.98 Å². The van der Waals surface area contributed by atoms with Crippen molar-refractivity contribution in [3.63, 3.8) is 0 Å². The molecule has 140 valence electrons. The lowest BCUT2D eigenvalue weighted by atomic mass is 10.2. The number of primary amides is 1. The highest BCUT2D eigenvalue weighted by molar-refractivity contribution is 8.00. The number of fused-ring (bicyclic) bond motifs is 1. The number of anilines is 1. The van der Waals surface area contributed by atoms with Gasteiger partial charge in [0, 0.05) is 5.69 Å². The van der Waals surface area contributed by atoms with Gasteiger partial charge in [0.25, 0.3) is 11.5 Å². The molecule has 27 heavy (non-hydrogen) atoms. The number of nitrogens with zero attached hydrogens (tertiary/aromatic N) is 1. The van der Waals surface area contributed by atoms with Crippen LogP contribution in [0.2, 0.25) is 0 Å². The van der Waals surface area contributed by atoms with E-state index >= 15 is 0 Å². The van der Waals surface area contributed by atoms with E-state index in [0.717, 1.165) is 23.1 Å². The molecule has 0 aliphatic rings. The Balaban J connectivity index is 1.96. The smallest absolute Gasteiger partial charge is 0.266 e. The van der Waals surface area contributed by atoms with Crippen molar-refractivity contribution in [1.82, 2.24) is 9.97 Å². The summed E-state index contributed by atoms with van der Waals surface area (Å²) in [6, 6.07) is 9.08. The van der Waals surface area contributed by atoms with Crippen molar-refractivity contribution < 1.29 is 9.59 Å². The minimum absolute atomic E-state index is 0.293. The second-order valence-electron chi connectivity index (χ2n) is 5.84. The van der Waals surface area contributed by atoms with Gasteiger partial charge in [0.15, 0.2) is 5.16 Å². The molecule has 1 atom stereocenters. The largest absolute Gasteiger partial charge is 0.369 e. The van der Waals surface area contributed by atoms with Crippen molar-refractivity contribution in [3.05, 3.63) is 51.1 Å². The summed E-state index contributed by atoms with van der Waals surface area (Å²) >= 11 is 2.27. The van der Waals surface area contributed by atoms with E-state index in [1.54, 1.807) is 19.1 Å². The number of carbonyl (C=O) groups excluding carboxylic acids is 2. The van der Waals surface area contributed by atoms with Gasteiger partial charge in [0.2, 0.25) is 5.91 Å². The Morgan fingerprint density at radius 3 is 2.67 bits per heavy atom. The lowest BCUT2D eigenvalue weighted by molar-refractivity contribution is -0.117. The minimum atomic E-state index is -0.479. The van der Waals surface area contributed by atoms with Gasteiger partial charge in [-0.05, 0) is 31.0 Å². The van der Waals surface area contributed by atoms with Crippen molar-refractivity contribution in [2.75, 3.05) is 5.32 Å². The molecule has 0 aliphatic heterocycles. The number of thioether (sulfide) groups is 1. The molecule has 0 radical (unpaired) electrons. The number of aromatic amines is 1. The first-order chi connectivity index (χ1) is 12.9. The maximum atomic E-state index is 12.6. The quantitative estimate of drug-likeness (QED) is 0.433. The van der Waals surface area contributed by atoms with Crippen LogP contribution in [0.15, 0.2) is 40.3 Å². The van der Waals surface area contributed by atoms with Gasteiger partial charge >= 0.3 is 0 Å². The minimum Gasteiger partial charge on any atom is -0.369 e. The molecule has 3 rings (SSSR count). The zero-order valence-corrected chi connectivity index (χ0v) is 16.4. The van der Waals surface area contributed by atoms with Gasteiger partial charge in [-0.1, -0.05) is 36.9 Å². The van der Waals surface area contributed by atoms with E-state index in [-0.39, 0.29) is 11.5 Å². The summed E-state index contributed by atoms with van der Waals surface area (Å²) in [4.78, 5) is 44.5. The Morgan fingerprint density at radius 2 is 2.04 bits per heavy atom. The van der Waals surface area contributed by atoms with Gasteiger partial charge in [0.1, 0.15) is 4.83 Å². The van der Waals surface area contributed by atoms with Crippen molar-refractivity contribution in [2.45, 2.75) is 30.7 Å². The molecule has 3 aromatic rings. The summed E-state index contributed by atoms with van der Waals surface area (Å²) in [6.07, 6.45) is 0.524. The van der Waals surface area contributed by atoms with Crippen LogP contribution in [0.5, 0.6) is 0 Å². The number of aromatic nitrogens is 2. The molecule has 1 unspecified atom stereocenters. The number of hydrogen-bond donors (Lipinski definition) is 3. The van der Waals surface area contributed by atoms with E-state index in [2.05, 4.69) is 15.3 Å². The van der Waals surface area contributed by atoms with Crippen LogP contribution in [-0.4, -0.2) is 27.0 Å². The highest BCUT2D eigenvalue weighted by Gasteiger charge is 2.21. The van der Waals surface area contributed by atoms with Crippen LogP contribution in [0.25, 0.3) is 10.2 Å². The summed E-state index contributed by atoms with van der Waals surface area (Å²) in [5.41, 5.74) is 6.27. The van der Waals surface area contributed by atoms with Crippen LogP contribution in [-0.2, 0) is 4.79 Å². The Labute approximate surface area is 163 Å². The van der Waals surface area contributed by atoms with E-state index in [4.69, 9.17) is 5.73 Å². The van der Waals surface area contributed by atoms with E-state index in [0.29, 0.717) is 37.9 Å². The Kier molecular flexibility index (Phi) is 5.62. The predicted molar refractivity (Wildman–Crippen MR) is 109 cm³/mol. The third-order valence-electron chi connectivity index (χ3n) is 3.96. The summed E-state index contributed by atoms with van der Waals surface area (Å²) in [5, 5.41) is 3.03. The summed E-state index contributed by atoms with van der Waals surface area (Å²) in [5.74, 6) is -0.755. The van der Waals surface area contributed by atoms with E-state index in [1.807, 2.05) is 25.1 Å². The first kappa shape index (κ1) is 19.1. The number of amides is 2. The molecule has 2 amide bonds. The number of para-hydroxylation sites is 1.